The van der Waals surface area contributed by atoms with Crippen molar-refractivity contribution in [2.45, 2.75) is 38.8 Å². The van der Waals surface area contributed by atoms with Crippen molar-refractivity contribution in [1.82, 2.24) is 0 Å². The van der Waals surface area contributed by atoms with E-state index in [1.807, 2.05) is 30.3 Å². The van der Waals surface area contributed by atoms with E-state index < -0.39 is 6.10 Å². The third kappa shape index (κ3) is 5.80. The number of hydrogen-bond donors (Lipinski definition) is 2. The van der Waals surface area contributed by atoms with E-state index in [4.69, 9.17) is 0 Å². The molecule has 0 aliphatic rings. The first kappa shape index (κ1) is 18.7. The van der Waals surface area contributed by atoms with E-state index in [1.165, 1.54) is 11.1 Å². The zero-order valence-electron chi connectivity index (χ0n) is 13.4. The monoisotopic (exact) mass is 319 g/mol. The predicted octanol–water partition coefficient (Wildman–Crippen LogP) is -0.383. The van der Waals surface area contributed by atoms with Crippen molar-refractivity contribution < 1.29 is 22.8 Å². The summed E-state index contributed by atoms with van der Waals surface area (Å²) in [6, 6.07) is 18.8. The molecule has 0 radical (unpaired) electrons. The fraction of sp³-hybridized carbons (Fsp3) is 0.368. The minimum Gasteiger partial charge on any atom is -1.00 e. The normalized spacial score (nSPS) is 13.2. The Balaban J connectivity index is 0.00000242. The summed E-state index contributed by atoms with van der Waals surface area (Å²) in [7, 11) is 0. The van der Waals surface area contributed by atoms with Gasteiger partial charge in [-0.15, -0.1) is 0 Å². The maximum absolute atomic E-state index is 10.3. The van der Waals surface area contributed by atoms with Gasteiger partial charge in [0.25, 0.3) is 0 Å². The third-order valence-corrected chi connectivity index (χ3v) is 3.97. The van der Waals surface area contributed by atoms with Gasteiger partial charge >= 0.3 is 0 Å². The van der Waals surface area contributed by atoms with Gasteiger partial charge in [-0.2, -0.15) is 0 Å². The van der Waals surface area contributed by atoms with Crippen molar-refractivity contribution in [3.8, 4) is 0 Å². The van der Waals surface area contributed by atoms with Crippen LogP contribution in [0.2, 0.25) is 0 Å². The fourth-order valence-corrected chi connectivity index (χ4v) is 2.52. The van der Waals surface area contributed by atoms with Gasteiger partial charge in [-0.25, -0.2) is 0 Å². The van der Waals surface area contributed by atoms with Crippen LogP contribution in [0.3, 0.4) is 0 Å². The highest BCUT2D eigenvalue weighted by molar-refractivity contribution is 5.21. The van der Waals surface area contributed by atoms with Crippen LogP contribution in [0.1, 0.15) is 36.1 Å². The molecule has 0 saturated carbocycles. The molecule has 2 atom stereocenters. The van der Waals surface area contributed by atoms with Gasteiger partial charge in [0.15, 0.2) is 0 Å². The molecule has 0 fully saturated rings. The summed E-state index contributed by atoms with van der Waals surface area (Å²) in [5.74, 6) is 0. The van der Waals surface area contributed by atoms with Crippen molar-refractivity contribution in [3.05, 3.63) is 71.3 Å². The van der Waals surface area contributed by atoms with Gasteiger partial charge in [0.1, 0.15) is 12.1 Å². The Hall–Kier alpha value is -1.35. The molecule has 0 saturated heterocycles. The fourth-order valence-electron chi connectivity index (χ4n) is 2.52. The smallest absolute Gasteiger partial charge is 0.130 e. The van der Waals surface area contributed by atoms with Crippen LogP contribution in [0, 0.1) is 6.92 Å². The van der Waals surface area contributed by atoms with Gasteiger partial charge in [0, 0.05) is 6.42 Å². The van der Waals surface area contributed by atoms with E-state index in [0.29, 0.717) is 0 Å². The summed E-state index contributed by atoms with van der Waals surface area (Å²) in [6.07, 6.45) is 1.84. The van der Waals surface area contributed by atoms with Crippen LogP contribution in [0.15, 0.2) is 54.6 Å². The number of aliphatic hydroxyl groups excluding tert-OH is 1. The summed E-state index contributed by atoms with van der Waals surface area (Å²) >= 11 is 0. The lowest BCUT2D eigenvalue weighted by atomic mass is 10.0. The van der Waals surface area contributed by atoms with Crippen LogP contribution >= 0.6 is 0 Å². The Morgan fingerprint density at radius 1 is 1.00 bits per heavy atom. The van der Waals surface area contributed by atoms with E-state index >= 15 is 0 Å². The molecule has 2 nitrogen and oxygen atoms in total. The van der Waals surface area contributed by atoms with Crippen LogP contribution in [0.5, 0.6) is 0 Å². The molecule has 0 spiro atoms. The largest absolute Gasteiger partial charge is 1.00 e. The van der Waals surface area contributed by atoms with Crippen LogP contribution < -0.4 is 17.7 Å². The van der Waals surface area contributed by atoms with E-state index in [9.17, 15) is 5.11 Å². The number of hydrogen-bond acceptors (Lipinski definition) is 1. The zero-order chi connectivity index (χ0) is 15.1. The molecule has 22 heavy (non-hydrogen) atoms. The van der Waals surface area contributed by atoms with Crippen LogP contribution in [0.4, 0.5) is 0 Å². The van der Waals surface area contributed by atoms with Crippen LogP contribution in [0.25, 0.3) is 0 Å². The molecule has 0 amide bonds. The van der Waals surface area contributed by atoms with Crippen LogP contribution in [-0.4, -0.2) is 17.7 Å². The lowest BCUT2D eigenvalue weighted by Gasteiger charge is -2.17. The first-order valence-corrected chi connectivity index (χ1v) is 7.78. The summed E-state index contributed by atoms with van der Waals surface area (Å²) < 4.78 is 0. The van der Waals surface area contributed by atoms with E-state index in [1.54, 1.807) is 0 Å². The highest BCUT2D eigenvalue weighted by Crippen LogP contribution is 2.13. The van der Waals surface area contributed by atoms with E-state index in [2.05, 4.69) is 43.4 Å². The molecular formula is C19H26ClNO. The van der Waals surface area contributed by atoms with Gasteiger partial charge in [0.2, 0.25) is 0 Å². The minimum absolute atomic E-state index is 0. The predicted molar refractivity (Wildman–Crippen MR) is 87.2 cm³/mol. The molecule has 2 unspecified atom stereocenters. The molecule has 0 aliphatic heterocycles. The molecule has 120 valence electrons. The van der Waals surface area contributed by atoms with Gasteiger partial charge in [-0.1, -0.05) is 60.2 Å². The van der Waals surface area contributed by atoms with E-state index in [0.717, 1.165) is 24.9 Å². The molecule has 2 aromatic carbocycles. The average Bonchev–Trinajstić information content (AvgIpc) is 2.53. The van der Waals surface area contributed by atoms with Gasteiger partial charge in [0.05, 0.1) is 6.54 Å². The highest BCUT2D eigenvalue weighted by atomic mass is 35.5. The standard InChI is InChI=1S/C19H25NO.ClH/c1-15-10-12-17(13-11-15)7-6-14-20-16(2)19(21)18-8-4-3-5-9-18;/h3-5,8-13,16,19-21H,6-7,14H2,1-2H3;1H. The Labute approximate surface area is 140 Å². The van der Waals surface area contributed by atoms with Gasteiger partial charge in [-0.05, 0) is 31.4 Å². The summed E-state index contributed by atoms with van der Waals surface area (Å²) in [4.78, 5) is 0. The number of rotatable bonds is 7. The lowest BCUT2D eigenvalue weighted by molar-refractivity contribution is -0.694. The number of quaternary nitrogens is 1. The number of aryl methyl sites for hydroxylation is 2. The Morgan fingerprint density at radius 3 is 2.27 bits per heavy atom. The molecule has 0 aromatic heterocycles. The summed E-state index contributed by atoms with van der Waals surface area (Å²) in [6.45, 7) is 5.24. The Kier molecular flexibility index (Phi) is 8.18. The molecular weight excluding hydrogens is 294 g/mol. The van der Waals surface area contributed by atoms with Gasteiger partial charge < -0.3 is 22.8 Å². The Bertz CT molecular complexity index is 527. The summed E-state index contributed by atoms with van der Waals surface area (Å²) in [5, 5.41) is 12.5. The second-order valence-corrected chi connectivity index (χ2v) is 5.83. The van der Waals surface area contributed by atoms with Crippen molar-refractivity contribution >= 4 is 0 Å². The SMILES string of the molecule is Cc1ccc(CCC[NH2+]C(C)C(O)c2ccccc2)cc1.[Cl-]. The average molecular weight is 320 g/mol. The second kappa shape index (κ2) is 9.62. The highest BCUT2D eigenvalue weighted by Gasteiger charge is 2.18. The Morgan fingerprint density at radius 2 is 1.64 bits per heavy atom. The molecule has 0 heterocycles. The number of nitrogens with two attached hydrogens (primary N) is 1. The topological polar surface area (TPSA) is 36.8 Å². The first-order valence-electron chi connectivity index (χ1n) is 7.78. The van der Waals surface area contributed by atoms with Crippen molar-refractivity contribution in [2.24, 2.45) is 0 Å². The molecule has 2 rings (SSSR count). The molecule has 3 heteroatoms. The van der Waals surface area contributed by atoms with E-state index in [-0.39, 0.29) is 18.4 Å². The molecule has 3 N–H and O–H groups in total. The third-order valence-electron chi connectivity index (χ3n) is 3.97. The number of halogens is 1. The van der Waals surface area contributed by atoms with Crippen molar-refractivity contribution in [2.75, 3.05) is 6.54 Å². The second-order valence-electron chi connectivity index (χ2n) is 5.83. The maximum Gasteiger partial charge on any atom is 0.130 e. The van der Waals surface area contributed by atoms with Crippen molar-refractivity contribution in [3.63, 3.8) is 0 Å². The summed E-state index contributed by atoms with van der Waals surface area (Å²) in [5.41, 5.74) is 3.70. The van der Waals surface area contributed by atoms with Crippen molar-refractivity contribution in [1.29, 1.82) is 0 Å². The zero-order valence-corrected chi connectivity index (χ0v) is 14.1. The minimum atomic E-state index is -0.398. The number of aliphatic hydroxyl groups is 1. The van der Waals surface area contributed by atoms with Crippen LogP contribution in [-0.2, 0) is 6.42 Å². The first-order chi connectivity index (χ1) is 10.2. The molecule has 2 aromatic rings. The molecule has 0 bridgehead atoms. The van der Waals surface area contributed by atoms with Gasteiger partial charge in [-0.3, -0.25) is 0 Å². The number of benzene rings is 2. The lowest BCUT2D eigenvalue weighted by Crippen LogP contribution is -3.00. The molecule has 0 aliphatic carbocycles. The maximum atomic E-state index is 10.3. The quantitative estimate of drug-likeness (QED) is 0.671.